The number of aliphatic hydroxyl groups is 1. The van der Waals surface area contributed by atoms with Crippen molar-refractivity contribution in [3.63, 3.8) is 0 Å². The fraction of sp³-hybridized carbons (Fsp3) is 0.250. The van der Waals surface area contributed by atoms with Gasteiger partial charge in [0, 0.05) is 0 Å². The molecule has 0 fully saturated rings. The molecule has 2 aromatic carbocycles. The summed E-state index contributed by atoms with van der Waals surface area (Å²) in [4.78, 5) is 0. The van der Waals surface area contributed by atoms with Crippen molar-refractivity contribution in [3.05, 3.63) is 68.9 Å². The van der Waals surface area contributed by atoms with E-state index in [-0.39, 0.29) is 5.82 Å². The predicted octanol–water partition coefficient (Wildman–Crippen LogP) is 4.16. The Morgan fingerprint density at radius 1 is 1.00 bits per heavy atom. The van der Waals surface area contributed by atoms with E-state index in [9.17, 15) is 9.50 Å². The van der Waals surface area contributed by atoms with Crippen LogP contribution in [0.1, 0.15) is 34.8 Å². The number of benzene rings is 2. The Morgan fingerprint density at radius 2 is 1.68 bits per heavy atom. The fourth-order valence-corrected chi connectivity index (χ4v) is 3.03. The van der Waals surface area contributed by atoms with Crippen LogP contribution in [-0.2, 0) is 12.8 Å². The summed E-state index contributed by atoms with van der Waals surface area (Å²) in [6.45, 7) is 0. The summed E-state index contributed by atoms with van der Waals surface area (Å²) in [5.41, 5.74) is 4.29. The summed E-state index contributed by atoms with van der Waals surface area (Å²) in [6.07, 6.45) is 2.70. The molecule has 1 atom stereocenters. The van der Waals surface area contributed by atoms with Gasteiger partial charge in [0.25, 0.3) is 0 Å². The molecule has 1 aliphatic rings. The molecule has 2 aromatic rings. The van der Waals surface area contributed by atoms with E-state index in [2.05, 4.69) is 28.1 Å². The van der Waals surface area contributed by atoms with E-state index in [0.717, 1.165) is 18.4 Å². The normalized spacial score (nSPS) is 15.3. The molecule has 1 aliphatic carbocycles. The lowest BCUT2D eigenvalue weighted by Crippen LogP contribution is -2.01. The topological polar surface area (TPSA) is 20.2 Å². The van der Waals surface area contributed by atoms with E-state index in [1.807, 2.05) is 6.07 Å². The number of aryl methyl sites for hydroxylation is 2. The van der Waals surface area contributed by atoms with Crippen LogP contribution in [0.4, 0.5) is 4.39 Å². The van der Waals surface area contributed by atoms with Gasteiger partial charge in [0.2, 0.25) is 0 Å². The average Bonchev–Trinajstić information content (AvgIpc) is 2.88. The van der Waals surface area contributed by atoms with Crippen molar-refractivity contribution in [1.29, 1.82) is 0 Å². The zero-order chi connectivity index (χ0) is 13.4. The van der Waals surface area contributed by atoms with Gasteiger partial charge in [0.1, 0.15) is 11.9 Å². The molecule has 1 N–H and O–H groups in total. The molecule has 0 bridgehead atoms. The first-order valence-corrected chi connectivity index (χ1v) is 7.19. The molecule has 19 heavy (non-hydrogen) atoms. The third kappa shape index (κ3) is 2.45. The average molecular weight is 321 g/mol. The van der Waals surface area contributed by atoms with Crippen molar-refractivity contribution >= 4 is 15.9 Å². The van der Waals surface area contributed by atoms with Crippen LogP contribution in [0.3, 0.4) is 0 Å². The number of aliphatic hydroxyl groups excluding tert-OH is 1. The lowest BCUT2D eigenvalue weighted by Gasteiger charge is -2.13. The van der Waals surface area contributed by atoms with E-state index in [1.165, 1.54) is 23.6 Å². The minimum Gasteiger partial charge on any atom is -0.384 e. The van der Waals surface area contributed by atoms with Crippen molar-refractivity contribution in [2.75, 3.05) is 0 Å². The number of fused-ring (bicyclic) bond motifs is 1. The van der Waals surface area contributed by atoms with Crippen LogP contribution in [0.5, 0.6) is 0 Å². The van der Waals surface area contributed by atoms with Gasteiger partial charge in [-0.1, -0.05) is 24.3 Å². The molecule has 3 rings (SSSR count). The fourth-order valence-electron chi connectivity index (χ4n) is 2.64. The molecule has 1 unspecified atom stereocenters. The van der Waals surface area contributed by atoms with Gasteiger partial charge >= 0.3 is 0 Å². The van der Waals surface area contributed by atoms with Crippen LogP contribution in [-0.4, -0.2) is 5.11 Å². The van der Waals surface area contributed by atoms with E-state index in [4.69, 9.17) is 0 Å². The number of halogens is 2. The molecule has 0 amide bonds. The molecule has 0 spiro atoms. The Bertz CT molecular complexity index is 624. The van der Waals surface area contributed by atoms with E-state index in [0.29, 0.717) is 10.0 Å². The van der Waals surface area contributed by atoms with Crippen molar-refractivity contribution in [3.8, 4) is 0 Å². The molecule has 0 heterocycles. The first kappa shape index (κ1) is 12.8. The van der Waals surface area contributed by atoms with Crippen LogP contribution in [0.15, 0.2) is 40.9 Å². The Kier molecular flexibility index (Phi) is 3.42. The van der Waals surface area contributed by atoms with Crippen molar-refractivity contribution < 1.29 is 9.50 Å². The molecule has 3 heteroatoms. The van der Waals surface area contributed by atoms with Crippen LogP contribution in [0.25, 0.3) is 0 Å². The van der Waals surface area contributed by atoms with Crippen LogP contribution >= 0.6 is 15.9 Å². The molecule has 0 saturated carbocycles. The summed E-state index contributed by atoms with van der Waals surface area (Å²) in [7, 11) is 0. The standard InChI is InChI=1S/C16H14BrFO/c17-14-9-13(6-7-15(14)18)16(19)12-5-4-10-2-1-3-11(10)8-12/h4-9,16,19H,1-3H2. The van der Waals surface area contributed by atoms with Gasteiger partial charge in [0.15, 0.2) is 0 Å². The number of rotatable bonds is 2. The monoisotopic (exact) mass is 320 g/mol. The Morgan fingerprint density at radius 3 is 2.47 bits per heavy atom. The van der Waals surface area contributed by atoms with Gasteiger partial charge in [-0.3, -0.25) is 0 Å². The van der Waals surface area contributed by atoms with Gasteiger partial charge in [-0.15, -0.1) is 0 Å². The maximum atomic E-state index is 13.2. The minimum atomic E-state index is -0.706. The summed E-state index contributed by atoms with van der Waals surface area (Å²) in [5.74, 6) is -0.315. The van der Waals surface area contributed by atoms with Crippen molar-refractivity contribution in [2.45, 2.75) is 25.4 Å². The molecular formula is C16H14BrFO. The van der Waals surface area contributed by atoms with Gasteiger partial charge in [0.05, 0.1) is 4.47 Å². The molecule has 0 aromatic heterocycles. The molecule has 98 valence electrons. The molecule has 1 nitrogen and oxygen atoms in total. The first-order chi connectivity index (χ1) is 9.15. The zero-order valence-corrected chi connectivity index (χ0v) is 12.0. The van der Waals surface area contributed by atoms with Crippen molar-refractivity contribution in [2.24, 2.45) is 0 Å². The summed E-state index contributed by atoms with van der Waals surface area (Å²) < 4.78 is 13.6. The highest BCUT2D eigenvalue weighted by Crippen LogP contribution is 2.30. The third-order valence-corrected chi connectivity index (χ3v) is 4.31. The second-order valence-corrected chi connectivity index (χ2v) is 5.81. The minimum absolute atomic E-state index is 0.315. The maximum absolute atomic E-state index is 13.2. The maximum Gasteiger partial charge on any atom is 0.137 e. The van der Waals surface area contributed by atoms with E-state index >= 15 is 0 Å². The lowest BCUT2D eigenvalue weighted by atomic mass is 9.98. The Hall–Kier alpha value is -1.19. The van der Waals surface area contributed by atoms with Crippen LogP contribution in [0, 0.1) is 5.82 Å². The second-order valence-electron chi connectivity index (χ2n) is 4.96. The summed E-state index contributed by atoms with van der Waals surface area (Å²) >= 11 is 3.15. The quantitative estimate of drug-likeness (QED) is 0.881. The third-order valence-electron chi connectivity index (χ3n) is 3.70. The number of hydrogen-bond donors (Lipinski definition) is 1. The Labute approximate surface area is 120 Å². The molecular weight excluding hydrogens is 307 g/mol. The SMILES string of the molecule is OC(c1ccc(F)c(Br)c1)c1ccc2c(c1)CCC2. The molecule has 0 radical (unpaired) electrons. The Balaban J connectivity index is 1.94. The highest BCUT2D eigenvalue weighted by atomic mass is 79.9. The first-order valence-electron chi connectivity index (χ1n) is 6.40. The predicted molar refractivity (Wildman–Crippen MR) is 76.6 cm³/mol. The molecule has 0 saturated heterocycles. The van der Waals surface area contributed by atoms with Gasteiger partial charge in [-0.25, -0.2) is 4.39 Å². The van der Waals surface area contributed by atoms with Crippen molar-refractivity contribution in [1.82, 2.24) is 0 Å². The van der Waals surface area contributed by atoms with Gasteiger partial charge < -0.3 is 5.11 Å². The highest BCUT2D eigenvalue weighted by Gasteiger charge is 2.16. The molecule has 0 aliphatic heterocycles. The van der Waals surface area contributed by atoms with Gasteiger partial charge in [-0.2, -0.15) is 0 Å². The lowest BCUT2D eigenvalue weighted by molar-refractivity contribution is 0.220. The summed E-state index contributed by atoms with van der Waals surface area (Å²) in [5, 5.41) is 10.4. The van der Waals surface area contributed by atoms with E-state index in [1.54, 1.807) is 12.1 Å². The smallest absolute Gasteiger partial charge is 0.137 e. The second kappa shape index (κ2) is 5.06. The summed E-state index contributed by atoms with van der Waals surface area (Å²) in [6, 6.07) is 10.8. The number of hydrogen-bond acceptors (Lipinski definition) is 1. The largest absolute Gasteiger partial charge is 0.384 e. The van der Waals surface area contributed by atoms with E-state index < -0.39 is 6.10 Å². The zero-order valence-electron chi connectivity index (χ0n) is 10.4. The van der Waals surface area contributed by atoms with Crippen LogP contribution in [0.2, 0.25) is 0 Å². The van der Waals surface area contributed by atoms with Crippen LogP contribution < -0.4 is 0 Å². The highest BCUT2D eigenvalue weighted by molar-refractivity contribution is 9.10. The van der Waals surface area contributed by atoms with Gasteiger partial charge in [-0.05, 0) is 69.6 Å².